The molecule has 0 saturated heterocycles. The van der Waals surface area contributed by atoms with E-state index in [0.29, 0.717) is 10.6 Å². The van der Waals surface area contributed by atoms with Crippen LogP contribution in [0.4, 0.5) is 0 Å². The Kier molecular flexibility index (Phi) is 2.80. The molecule has 78 valence electrons. The highest BCUT2D eigenvalue weighted by atomic mass is 79.9. The zero-order chi connectivity index (χ0) is 11.0. The highest BCUT2D eigenvalue weighted by Gasteiger charge is 2.16. The van der Waals surface area contributed by atoms with Gasteiger partial charge in [0, 0.05) is 0 Å². The fourth-order valence-electron chi connectivity index (χ4n) is 1.24. The monoisotopic (exact) mass is 284 g/mol. The SMILES string of the molecule is Cc1cc(C(=O)c2ccc(Br)s2)oc1C. The third-order valence-electron chi connectivity index (χ3n) is 2.19. The van der Waals surface area contributed by atoms with E-state index in [-0.39, 0.29) is 5.78 Å². The summed E-state index contributed by atoms with van der Waals surface area (Å²) in [6, 6.07) is 5.44. The van der Waals surface area contributed by atoms with Crippen molar-refractivity contribution in [2.24, 2.45) is 0 Å². The molecule has 0 aliphatic carbocycles. The summed E-state index contributed by atoms with van der Waals surface area (Å²) in [6.07, 6.45) is 0. The van der Waals surface area contributed by atoms with Crippen molar-refractivity contribution in [3.05, 3.63) is 43.9 Å². The van der Waals surface area contributed by atoms with Crippen molar-refractivity contribution in [1.29, 1.82) is 0 Å². The average molecular weight is 285 g/mol. The van der Waals surface area contributed by atoms with Crippen LogP contribution in [-0.4, -0.2) is 5.78 Å². The topological polar surface area (TPSA) is 30.2 Å². The minimum Gasteiger partial charge on any atom is -0.458 e. The fraction of sp³-hybridized carbons (Fsp3) is 0.182. The van der Waals surface area contributed by atoms with Gasteiger partial charge >= 0.3 is 0 Å². The van der Waals surface area contributed by atoms with Crippen LogP contribution in [0.2, 0.25) is 0 Å². The molecule has 0 unspecified atom stereocenters. The van der Waals surface area contributed by atoms with E-state index in [1.54, 1.807) is 12.1 Å². The van der Waals surface area contributed by atoms with Crippen LogP contribution in [0, 0.1) is 13.8 Å². The average Bonchev–Trinajstić information content (AvgIpc) is 2.74. The van der Waals surface area contributed by atoms with Crippen LogP contribution in [0.3, 0.4) is 0 Å². The predicted molar refractivity (Wildman–Crippen MR) is 63.6 cm³/mol. The highest BCUT2D eigenvalue weighted by Crippen LogP contribution is 2.25. The van der Waals surface area contributed by atoms with Crippen molar-refractivity contribution in [3.63, 3.8) is 0 Å². The lowest BCUT2D eigenvalue weighted by Gasteiger charge is -1.91. The second-order valence-electron chi connectivity index (χ2n) is 3.28. The van der Waals surface area contributed by atoms with E-state index in [1.807, 2.05) is 19.9 Å². The molecule has 0 bridgehead atoms. The molecule has 0 aliphatic rings. The van der Waals surface area contributed by atoms with Gasteiger partial charge in [0.25, 0.3) is 0 Å². The van der Waals surface area contributed by atoms with Gasteiger partial charge in [0.1, 0.15) is 5.76 Å². The first-order chi connectivity index (χ1) is 7.08. The Hall–Kier alpha value is -0.870. The van der Waals surface area contributed by atoms with Crippen molar-refractivity contribution in [1.82, 2.24) is 0 Å². The van der Waals surface area contributed by atoms with E-state index in [9.17, 15) is 4.79 Å². The lowest BCUT2D eigenvalue weighted by molar-refractivity contribution is 0.101. The molecule has 0 saturated carbocycles. The summed E-state index contributed by atoms with van der Waals surface area (Å²) in [7, 11) is 0. The van der Waals surface area contributed by atoms with Crippen LogP contribution in [0.1, 0.15) is 26.8 Å². The van der Waals surface area contributed by atoms with Gasteiger partial charge in [-0.15, -0.1) is 11.3 Å². The first-order valence-electron chi connectivity index (χ1n) is 4.45. The Morgan fingerprint density at radius 1 is 1.40 bits per heavy atom. The Morgan fingerprint density at radius 3 is 2.60 bits per heavy atom. The maximum absolute atomic E-state index is 11.9. The van der Waals surface area contributed by atoms with Crippen LogP contribution in [0.25, 0.3) is 0 Å². The largest absolute Gasteiger partial charge is 0.458 e. The number of thiophene rings is 1. The number of hydrogen-bond donors (Lipinski definition) is 0. The molecule has 0 aliphatic heterocycles. The van der Waals surface area contributed by atoms with Gasteiger partial charge in [-0.05, 0) is 53.5 Å². The Balaban J connectivity index is 2.36. The van der Waals surface area contributed by atoms with E-state index in [1.165, 1.54) is 11.3 Å². The van der Waals surface area contributed by atoms with Gasteiger partial charge in [-0.3, -0.25) is 4.79 Å². The van der Waals surface area contributed by atoms with Gasteiger partial charge in [0.15, 0.2) is 5.76 Å². The van der Waals surface area contributed by atoms with Gasteiger partial charge in [-0.1, -0.05) is 0 Å². The molecule has 4 heteroatoms. The molecule has 2 aromatic heterocycles. The Labute approximate surface area is 100 Å². The van der Waals surface area contributed by atoms with Crippen molar-refractivity contribution in [3.8, 4) is 0 Å². The molecular formula is C11H9BrO2S. The normalized spacial score (nSPS) is 10.6. The number of carbonyl (C=O) groups is 1. The molecule has 2 rings (SSSR count). The smallest absolute Gasteiger partial charge is 0.238 e. The molecule has 0 aromatic carbocycles. The molecular weight excluding hydrogens is 276 g/mol. The van der Waals surface area contributed by atoms with E-state index >= 15 is 0 Å². The first kappa shape index (κ1) is 10.6. The highest BCUT2D eigenvalue weighted by molar-refractivity contribution is 9.11. The van der Waals surface area contributed by atoms with E-state index < -0.39 is 0 Å². The van der Waals surface area contributed by atoms with E-state index in [0.717, 1.165) is 15.1 Å². The number of carbonyl (C=O) groups excluding carboxylic acids is 1. The van der Waals surface area contributed by atoms with Crippen LogP contribution in [0.5, 0.6) is 0 Å². The number of hydrogen-bond acceptors (Lipinski definition) is 3. The standard InChI is InChI=1S/C11H9BrO2S/c1-6-5-8(14-7(6)2)11(13)9-3-4-10(12)15-9/h3-5H,1-2H3. The molecule has 0 fully saturated rings. The van der Waals surface area contributed by atoms with Crippen molar-refractivity contribution >= 4 is 33.0 Å². The van der Waals surface area contributed by atoms with Gasteiger partial charge in [0.05, 0.1) is 8.66 Å². The lowest BCUT2D eigenvalue weighted by atomic mass is 10.2. The van der Waals surface area contributed by atoms with Crippen molar-refractivity contribution in [2.45, 2.75) is 13.8 Å². The van der Waals surface area contributed by atoms with Crippen molar-refractivity contribution in [2.75, 3.05) is 0 Å². The quantitative estimate of drug-likeness (QED) is 0.782. The minimum absolute atomic E-state index is 0.0538. The lowest BCUT2D eigenvalue weighted by Crippen LogP contribution is -1.95. The maximum atomic E-state index is 11.9. The zero-order valence-electron chi connectivity index (χ0n) is 8.33. The molecule has 0 atom stereocenters. The summed E-state index contributed by atoms with van der Waals surface area (Å²) < 4.78 is 6.33. The minimum atomic E-state index is -0.0538. The van der Waals surface area contributed by atoms with Crippen LogP contribution in [0.15, 0.2) is 26.4 Å². The molecule has 0 N–H and O–H groups in total. The predicted octanol–water partition coefficient (Wildman–Crippen LogP) is 3.95. The molecule has 0 amide bonds. The van der Waals surface area contributed by atoms with Gasteiger partial charge in [0.2, 0.25) is 5.78 Å². The Bertz CT molecular complexity index is 491. The summed E-state index contributed by atoms with van der Waals surface area (Å²) in [5, 5.41) is 0. The first-order valence-corrected chi connectivity index (χ1v) is 6.06. The zero-order valence-corrected chi connectivity index (χ0v) is 10.7. The van der Waals surface area contributed by atoms with Gasteiger partial charge in [-0.25, -0.2) is 0 Å². The van der Waals surface area contributed by atoms with Gasteiger partial charge in [-0.2, -0.15) is 0 Å². The maximum Gasteiger partial charge on any atom is 0.238 e. The summed E-state index contributed by atoms with van der Waals surface area (Å²) in [4.78, 5) is 12.6. The second kappa shape index (κ2) is 3.94. The summed E-state index contributed by atoms with van der Waals surface area (Å²) in [5.74, 6) is 1.16. The number of aryl methyl sites for hydroxylation is 2. The third-order valence-corrected chi connectivity index (χ3v) is 3.81. The van der Waals surface area contributed by atoms with Crippen LogP contribution >= 0.6 is 27.3 Å². The van der Waals surface area contributed by atoms with Gasteiger partial charge < -0.3 is 4.42 Å². The van der Waals surface area contributed by atoms with E-state index in [2.05, 4.69) is 15.9 Å². The summed E-state index contributed by atoms with van der Waals surface area (Å²) >= 11 is 4.74. The third kappa shape index (κ3) is 2.06. The fourth-order valence-corrected chi connectivity index (χ4v) is 2.57. The number of ketones is 1. The molecule has 2 aromatic rings. The summed E-state index contributed by atoms with van der Waals surface area (Å²) in [5.41, 5.74) is 1.01. The molecule has 15 heavy (non-hydrogen) atoms. The van der Waals surface area contributed by atoms with Crippen LogP contribution in [-0.2, 0) is 0 Å². The Morgan fingerprint density at radius 2 is 2.13 bits per heavy atom. The van der Waals surface area contributed by atoms with Crippen LogP contribution < -0.4 is 0 Å². The summed E-state index contributed by atoms with van der Waals surface area (Å²) in [6.45, 7) is 3.79. The van der Waals surface area contributed by atoms with E-state index in [4.69, 9.17) is 4.42 Å². The molecule has 0 radical (unpaired) electrons. The molecule has 2 nitrogen and oxygen atoms in total. The molecule has 0 spiro atoms. The molecule has 2 heterocycles. The number of halogens is 1. The number of furan rings is 1. The second-order valence-corrected chi connectivity index (χ2v) is 5.75. The number of rotatable bonds is 2. The van der Waals surface area contributed by atoms with Crippen molar-refractivity contribution < 1.29 is 9.21 Å².